The van der Waals surface area contributed by atoms with E-state index in [-0.39, 0.29) is 16.5 Å². The molecule has 0 aliphatic carbocycles. The number of carbonyl (C=O) groups is 1. The van der Waals surface area contributed by atoms with Crippen LogP contribution in [0.5, 0.6) is 0 Å². The van der Waals surface area contributed by atoms with Crippen molar-refractivity contribution >= 4 is 33.0 Å². The maximum Gasteiger partial charge on any atom is 0.270 e. The largest absolute Gasteiger partial charge is 0.308 e. The maximum atomic E-state index is 12.9. The van der Waals surface area contributed by atoms with Crippen molar-refractivity contribution in [2.45, 2.75) is 31.2 Å². The van der Waals surface area contributed by atoms with Crippen LogP contribution in [-0.2, 0) is 27.8 Å². The normalized spacial score (nSPS) is 13.5. The summed E-state index contributed by atoms with van der Waals surface area (Å²) >= 11 is 0. The molecule has 0 spiro atoms. The van der Waals surface area contributed by atoms with Crippen molar-refractivity contribution in [3.05, 3.63) is 93.5 Å². The topological polar surface area (TPSA) is 110 Å². The molecular weight excluding hydrogens is 430 g/mol. The van der Waals surface area contributed by atoms with Crippen molar-refractivity contribution in [3.8, 4) is 0 Å². The molecule has 1 aliphatic heterocycles. The van der Waals surface area contributed by atoms with E-state index in [1.165, 1.54) is 12.1 Å². The number of nitrogens with zero attached hydrogens (tertiary/aromatic N) is 2. The Bertz CT molecular complexity index is 1310. The molecule has 8 nitrogen and oxygen atoms in total. The van der Waals surface area contributed by atoms with Gasteiger partial charge in [-0.25, -0.2) is 8.42 Å². The van der Waals surface area contributed by atoms with Gasteiger partial charge < -0.3 is 4.90 Å². The summed E-state index contributed by atoms with van der Waals surface area (Å²) in [6.45, 7) is 2.02. The lowest BCUT2D eigenvalue weighted by Crippen LogP contribution is -2.34. The first-order valence-electron chi connectivity index (χ1n) is 10.00. The molecule has 3 aromatic carbocycles. The molecule has 32 heavy (non-hydrogen) atoms. The average molecular weight is 452 g/mol. The Kier molecular flexibility index (Phi) is 5.67. The minimum absolute atomic E-state index is 0.0157. The van der Waals surface area contributed by atoms with Gasteiger partial charge in [-0.2, -0.15) is 0 Å². The van der Waals surface area contributed by atoms with Gasteiger partial charge in [0, 0.05) is 29.9 Å². The van der Waals surface area contributed by atoms with Crippen LogP contribution >= 0.6 is 0 Å². The number of non-ortho nitro benzene ring substituents is 1. The van der Waals surface area contributed by atoms with Gasteiger partial charge in [-0.15, -0.1) is 0 Å². The van der Waals surface area contributed by atoms with E-state index in [0.29, 0.717) is 30.6 Å². The van der Waals surface area contributed by atoms with E-state index in [9.17, 15) is 23.3 Å². The molecule has 0 bridgehead atoms. The second kappa shape index (κ2) is 8.43. The third-order valence-corrected chi connectivity index (χ3v) is 6.91. The fourth-order valence-corrected chi connectivity index (χ4v) is 5.08. The SMILES string of the molecule is Cc1ccc([N+](=O)[O-])cc1S(=O)(=O)Nc1ccc2c(c1)CCC(=O)N2Cc1ccccc1. The molecule has 164 valence electrons. The van der Waals surface area contributed by atoms with Gasteiger partial charge in [0.1, 0.15) is 0 Å². The minimum atomic E-state index is -4.03. The zero-order valence-corrected chi connectivity index (χ0v) is 18.1. The molecule has 0 saturated heterocycles. The summed E-state index contributed by atoms with van der Waals surface area (Å²) in [5, 5.41) is 11.1. The molecule has 0 radical (unpaired) electrons. The Hall–Kier alpha value is -3.72. The Morgan fingerprint density at radius 2 is 1.78 bits per heavy atom. The number of nitro groups is 1. The number of rotatable bonds is 6. The van der Waals surface area contributed by atoms with Gasteiger partial charge in [0.15, 0.2) is 0 Å². The predicted octanol–water partition coefficient (Wildman–Crippen LogP) is 4.18. The van der Waals surface area contributed by atoms with Crippen LogP contribution in [0.2, 0.25) is 0 Å². The Morgan fingerprint density at radius 1 is 1.03 bits per heavy atom. The first-order chi connectivity index (χ1) is 15.2. The summed E-state index contributed by atoms with van der Waals surface area (Å²) in [5.41, 5.74) is 3.05. The van der Waals surface area contributed by atoms with Gasteiger partial charge >= 0.3 is 0 Å². The number of nitrogens with one attached hydrogen (secondary N) is 1. The summed E-state index contributed by atoms with van der Waals surface area (Å²) < 4.78 is 28.4. The molecule has 4 rings (SSSR count). The number of nitro benzene ring substituents is 1. The highest BCUT2D eigenvalue weighted by atomic mass is 32.2. The molecule has 3 aromatic rings. The molecule has 1 amide bonds. The molecule has 0 atom stereocenters. The molecule has 0 aromatic heterocycles. The predicted molar refractivity (Wildman–Crippen MR) is 121 cm³/mol. The number of anilines is 2. The summed E-state index contributed by atoms with van der Waals surface area (Å²) in [4.78, 5) is 24.5. The number of benzene rings is 3. The number of amides is 1. The molecular formula is C23H21N3O5S. The van der Waals surface area contributed by atoms with Crippen LogP contribution in [0.25, 0.3) is 0 Å². The highest BCUT2D eigenvalue weighted by Gasteiger charge is 2.26. The average Bonchev–Trinajstić information content (AvgIpc) is 2.76. The highest BCUT2D eigenvalue weighted by Crippen LogP contribution is 2.32. The third-order valence-electron chi connectivity index (χ3n) is 5.39. The molecule has 0 fully saturated rings. The fourth-order valence-electron chi connectivity index (χ4n) is 3.76. The lowest BCUT2D eigenvalue weighted by Gasteiger charge is -2.30. The molecule has 1 heterocycles. The van der Waals surface area contributed by atoms with Gasteiger partial charge in [0.05, 0.1) is 16.4 Å². The van der Waals surface area contributed by atoms with E-state index in [0.717, 1.165) is 22.9 Å². The van der Waals surface area contributed by atoms with Crippen LogP contribution in [-0.4, -0.2) is 19.2 Å². The first kappa shape index (κ1) is 21.5. The smallest absolute Gasteiger partial charge is 0.270 e. The number of fused-ring (bicyclic) bond motifs is 1. The summed E-state index contributed by atoms with van der Waals surface area (Å²) in [6.07, 6.45) is 0.838. The molecule has 0 unspecified atom stereocenters. The van der Waals surface area contributed by atoms with Gasteiger partial charge in [0.25, 0.3) is 15.7 Å². The van der Waals surface area contributed by atoms with Gasteiger partial charge in [-0.05, 0) is 48.2 Å². The molecule has 1 N–H and O–H groups in total. The quantitative estimate of drug-likeness (QED) is 0.447. The maximum absolute atomic E-state index is 12.9. The molecule has 1 aliphatic rings. The van der Waals surface area contributed by atoms with Crippen LogP contribution in [0.3, 0.4) is 0 Å². The van der Waals surface area contributed by atoms with Gasteiger partial charge in [0.2, 0.25) is 5.91 Å². The number of aryl methyl sites for hydroxylation is 2. The van der Waals surface area contributed by atoms with Crippen molar-refractivity contribution in [1.82, 2.24) is 0 Å². The standard InChI is InChI=1S/C23H21N3O5S/c1-16-7-10-20(26(28)29)14-22(16)32(30,31)24-19-9-11-21-18(13-19)8-12-23(27)25(21)15-17-5-3-2-4-6-17/h2-7,9-11,13-14,24H,8,12,15H2,1H3. The zero-order chi connectivity index (χ0) is 22.9. The summed E-state index contributed by atoms with van der Waals surface area (Å²) in [5.74, 6) is 0.0157. The van der Waals surface area contributed by atoms with Crippen LogP contribution in [0.15, 0.2) is 71.6 Å². The zero-order valence-electron chi connectivity index (χ0n) is 17.3. The number of sulfonamides is 1. The summed E-state index contributed by atoms with van der Waals surface area (Å²) in [6, 6.07) is 18.4. The monoisotopic (exact) mass is 451 g/mol. The lowest BCUT2D eigenvalue weighted by atomic mass is 10.00. The van der Waals surface area contributed by atoms with E-state index in [1.54, 1.807) is 30.0 Å². The van der Waals surface area contributed by atoms with Crippen LogP contribution in [0.4, 0.5) is 17.1 Å². The van der Waals surface area contributed by atoms with Crippen molar-refractivity contribution in [2.75, 3.05) is 9.62 Å². The number of carbonyl (C=O) groups excluding carboxylic acids is 1. The van der Waals surface area contributed by atoms with E-state index >= 15 is 0 Å². The minimum Gasteiger partial charge on any atom is -0.308 e. The van der Waals surface area contributed by atoms with E-state index < -0.39 is 14.9 Å². The van der Waals surface area contributed by atoms with E-state index in [2.05, 4.69) is 4.72 Å². The first-order valence-corrected chi connectivity index (χ1v) is 11.5. The second-order valence-corrected chi connectivity index (χ2v) is 9.27. The Labute approximate surface area is 185 Å². The Morgan fingerprint density at radius 3 is 2.50 bits per heavy atom. The second-order valence-electron chi connectivity index (χ2n) is 7.62. The van der Waals surface area contributed by atoms with E-state index in [4.69, 9.17) is 0 Å². The molecule has 0 saturated carbocycles. The van der Waals surface area contributed by atoms with Crippen LogP contribution in [0.1, 0.15) is 23.1 Å². The number of hydrogen-bond acceptors (Lipinski definition) is 5. The lowest BCUT2D eigenvalue weighted by molar-refractivity contribution is -0.385. The van der Waals surface area contributed by atoms with Gasteiger partial charge in [-0.3, -0.25) is 19.6 Å². The van der Waals surface area contributed by atoms with Crippen molar-refractivity contribution in [1.29, 1.82) is 0 Å². The number of hydrogen-bond donors (Lipinski definition) is 1. The van der Waals surface area contributed by atoms with Gasteiger partial charge in [-0.1, -0.05) is 36.4 Å². The summed E-state index contributed by atoms with van der Waals surface area (Å²) in [7, 11) is -4.03. The van der Waals surface area contributed by atoms with Crippen molar-refractivity contribution < 1.29 is 18.1 Å². The highest BCUT2D eigenvalue weighted by molar-refractivity contribution is 7.92. The molecule has 9 heteroatoms. The van der Waals surface area contributed by atoms with Crippen LogP contribution in [0, 0.1) is 17.0 Å². The van der Waals surface area contributed by atoms with Crippen molar-refractivity contribution in [2.24, 2.45) is 0 Å². The third kappa shape index (κ3) is 4.33. The van der Waals surface area contributed by atoms with Crippen molar-refractivity contribution in [3.63, 3.8) is 0 Å². The Balaban J connectivity index is 1.63. The van der Waals surface area contributed by atoms with Crippen LogP contribution < -0.4 is 9.62 Å². The fraction of sp³-hybridized carbons (Fsp3) is 0.174. The van der Waals surface area contributed by atoms with E-state index in [1.807, 2.05) is 30.3 Å².